The molecule has 1 saturated carbocycles. The molecule has 0 heterocycles. The fraction of sp³-hybridized carbons (Fsp3) is 0.625. The van der Waals surface area contributed by atoms with Crippen LogP contribution in [0, 0.1) is 0 Å². The zero-order chi connectivity index (χ0) is 13.9. The molecule has 1 aromatic carbocycles. The predicted octanol–water partition coefficient (Wildman–Crippen LogP) is 4.42. The second kappa shape index (κ2) is 5.72. The van der Waals surface area contributed by atoms with Crippen LogP contribution in [-0.4, -0.2) is 17.7 Å². The first-order chi connectivity index (χ1) is 8.89. The summed E-state index contributed by atoms with van der Waals surface area (Å²) in [6.45, 7) is 7.57. The van der Waals surface area contributed by atoms with Gasteiger partial charge in [-0.2, -0.15) is 0 Å². The molecule has 1 aromatic rings. The molecular formula is C16H24ClNO. The van der Waals surface area contributed by atoms with Gasteiger partial charge in [0.2, 0.25) is 0 Å². The van der Waals surface area contributed by atoms with Gasteiger partial charge in [-0.1, -0.05) is 17.7 Å². The average molecular weight is 282 g/mol. The largest absolute Gasteiger partial charge is 0.487 e. The molecule has 0 amide bonds. The molecule has 0 bridgehead atoms. The van der Waals surface area contributed by atoms with E-state index in [0.717, 1.165) is 36.6 Å². The normalized spacial score (nSPS) is 17.9. The zero-order valence-corrected chi connectivity index (χ0v) is 12.9. The number of halogens is 1. The van der Waals surface area contributed by atoms with E-state index in [1.807, 2.05) is 24.3 Å². The van der Waals surface area contributed by atoms with Gasteiger partial charge in [0.05, 0.1) is 0 Å². The van der Waals surface area contributed by atoms with Crippen molar-refractivity contribution < 1.29 is 4.74 Å². The number of benzene rings is 1. The molecule has 0 aliphatic heterocycles. The molecule has 2 nitrogen and oxygen atoms in total. The summed E-state index contributed by atoms with van der Waals surface area (Å²) in [4.78, 5) is 0. The summed E-state index contributed by atoms with van der Waals surface area (Å²) < 4.78 is 6.21. The van der Waals surface area contributed by atoms with Crippen LogP contribution >= 0.6 is 11.6 Å². The quantitative estimate of drug-likeness (QED) is 0.863. The first kappa shape index (κ1) is 14.7. The van der Waals surface area contributed by atoms with E-state index in [4.69, 9.17) is 16.3 Å². The number of hydrogen-bond acceptors (Lipinski definition) is 2. The first-order valence-corrected chi connectivity index (χ1v) is 7.46. The Kier molecular flexibility index (Phi) is 4.42. The van der Waals surface area contributed by atoms with Crippen LogP contribution in [0.25, 0.3) is 0 Å². The third-order valence-electron chi connectivity index (χ3n) is 3.63. The van der Waals surface area contributed by atoms with Gasteiger partial charge in [0, 0.05) is 10.6 Å². The number of ether oxygens (including phenoxy) is 1. The first-order valence-electron chi connectivity index (χ1n) is 7.08. The maximum absolute atomic E-state index is 6.21. The van der Waals surface area contributed by atoms with Gasteiger partial charge in [-0.05, 0) is 71.2 Å². The Morgan fingerprint density at radius 2 is 2.05 bits per heavy atom. The van der Waals surface area contributed by atoms with Crippen LogP contribution in [0.4, 0.5) is 0 Å². The Bertz CT molecular complexity index is 421. The molecule has 0 atom stereocenters. The summed E-state index contributed by atoms with van der Waals surface area (Å²) in [6, 6.07) is 7.71. The highest BCUT2D eigenvalue weighted by atomic mass is 35.5. The molecule has 1 aliphatic rings. The Balaban J connectivity index is 1.91. The Labute approximate surface area is 121 Å². The molecule has 0 radical (unpaired) electrons. The Morgan fingerprint density at radius 1 is 1.32 bits per heavy atom. The van der Waals surface area contributed by atoms with E-state index >= 15 is 0 Å². The Morgan fingerprint density at radius 3 is 2.58 bits per heavy atom. The lowest BCUT2D eigenvalue weighted by Crippen LogP contribution is -2.47. The van der Waals surface area contributed by atoms with Crippen molar-refractivity contribution in [2.45, 2.75) is 57.6 Å². The van der Waals surface area contributed by atoms with Crippen LogP contribution in [-0.2, 0) is 0 Å². The lowest BCUT2D eigenvalue weighted by molar-refractivity contribution is -0.0152. The number of hydrogen-bond donors (Lipinski definition) is 1. The fourth-order valence-electron chi connectivity index (χ4n) is 2.42. The van der Waals surface area contributed by atoms with Crippen molar-refractivity contribution in [3.63, 3.8) is 0 Å². The smallest absolute Gasteiger partial charge is 0.121 e. The number of rotatable bonds is 5. The highest BCUT2D eigenvalue weighted by Gasteiger charge is 2.39. The van der Waals surface area contributed by atoms with Gasteiger partial charge >= 0.3 is 0 Å². The monoisotopic (exact) mass is 281 g/mol. The topological polar surface area (TPSA) is 21.3 Å². The summed E-state index contributed by atoms with van der Waals surface area (Å²) in [6.07, 6.45) is 4.60. The zero-order valence-electron chi connectivity index (χ0n) is 12.1. The fourth-order valence-corrected chi connectivity index (χ4v) is 2.60. The van der Waals surface area contributed by atoms with Crippen molar-refractivity contribution in [1.29, 1.82) is 0 Å². The second-order valence-corrected chi connectivity index (χ2v) is 6.96. The minimum absolute atomic E-state index is 0.0168. The van der Waals surface area contributed by atoms with Gasteiger partial charge < -0.3 is 10.1 Å². The highest BCUT2D eigenvalue weighted by Crippen LogP contribution is 2.39. The van der Waals surface area contributed by atoms with Gasteiger partial charge in [0.1, 0.15) is 11.4 Å². The third-order valence-corrected chi connectivity index (χ3v) is 3.87. The van der Waals surface area contributed by atoms with Crippen molar-refractivity contribution in [2.24, 2.45) is 0 Å². The predicted molar refractivity (Wildman–Crippen MR) is 81.0 cm³/mol. The molecule has 0 aromatic heterocycles. The molecule has 1 aliphatic carbocycles. The van der Waals surface area contributed by atoms with Crippen molar-refractivity contribution in [2.75, 3.05) is 6.54 Å². The summed E-state index contributed by atoms with van der Waals surface area (Å²) in [5, 5.41) is 4.27. The van der Waals surface area contributed by atoms with E-state index in [2.05, 4.69) is 26.1 Å². The van der Waals surface area contributed by atoms with E-state index in [9.17, 15) is 0 Å². The van der Waals surface area contributed by atoms with E-state index in [0.29, 0.717) is 0 Å². The van der Waals surface area contributed by atoms with Crippen LogP contribution in [0.3, 0.4) is 0 Å². The maximum Gasteiger partial charge on any atom is 0.121 e. The molecule has 1 N–H and O–H groups in total. The number of nitrogens with one attached hydrogen (secondary N) is 1. The second-order valence-electron chi connectivity index (χ2n) is 6.52. The lowest BCUT2D eigenvalue weighted by atomic mass is 9.77. The maximum atomic E-state index is 6.21. The minimum atomic E-state index is 0.0168. The van der Waals surface area contributed by atoms with Gasteiger partial charge in [-0.3, -0.25) is 0 Å². The van der Waals surface area contributed by atoms with Crippen molar-refractivity contribution in [3.8, 4) is 5.75 Å². The van der Waals surface area contributed by atoms with E-state index in [1.54, 1.807) is 0 Å². The van der Waals surface area contributed by atoms with Gasteiger partial charge in [0.15, 0.2) is 0 Å². The van der Waals surface area contributed by atoms with Gasteiger partial charge in [0.25, 0.3) is 0 Å². The SMILES string of the molecule is CC(C)(C)NCCC1(Oc2cccc(Cl)c2)CCC1. The molecule has 106 valence electrons. The summed E-state index contributed by atoms with van der Waals surface area (Å²) >= 11 is 6.01. The summed E-state index contributed by atoms with van der Waals surface area (Å²) in [5.41, 5.74) is 0.184. The molecule has 0 unspecified atom stereocenters. The molecular weight excluding hydrogens is 258 g/mol. The van der Waals surface area contributed by atoms with Crippen molar-refractivity contribution in [3.05, 3.63) is 29.3 Å². The average Bonchev–Trinajstić information content (AvgIpc) is 2.24. The Hall–Kier alpha value is -0.730. The van der Waals surface area contributed by atoms with Crippen molar-refractivity contribution >= 4 is 11.6 Å². The van der Waals surface area contributed by atoms with Crippen LogP contribution < -0.4 is 10.1 Å². The standard InChI is InChI=1S/C16H24ClNO/c1-15(2,3)18-11-10-16(8-5-9-16)19-14-7-4-6-13(17)12-14/h4,6-7,12,18H,5,8-11H2,1-3H3. The van der Waals surface area contributed by atoms with E-state index < -0.39 is 0 Å². The molecule has 1 fully saturated rings. The van der Waals surface area contributed by atoms with E-state index in [-0.39, 0.29) is 11.1 Å². The van der Waals surface area contributed by atoms with Crippen LogP contribution in [0.15, 0.2) is 24.3 Å². The van der Waals surface area contributed by atoms with E-state index in [1.165, 1.54) is 6.42 Å². The summed E-state index contributed by atoms with van der Waals surface area (Å²) in [5.74, 6) is 0.892. The third kappa shape index (κ3) is 4.39. The van der Waals surface area contributed by atoms with Crippen LogP contribution in [0.1, 0.15) is 46.5 Å². The van der Waals surface area contributed by atoms with Crippen molar-refractivity contribution in [1.82, 2.24) is 5.32 Å². The lowest BCUT2D eigenvalue weighted by Gasteiger charge is -2.42. The summed E-state index contributed by atoms with van der Waals surface area (Å²) in [7, 11) is 0. The minimum Gasteiger partial charge on any atom is -0.487 e. The van der Waals surface area contributed by atoms with Crippen LogP contribution in [0.2, 0.25) is 5.02 Å². The molecule has 0 saturated heterocycles. The molecule has 2 rings (SSSR count). The van der Waals surface area contributed by atoms with Gasteiger partial charge in [-0.15, -0.1) is 0 Å². The van der Waals surface area contributed by atoms with Crippen LogP contribution in [0.5, 0.6) is 5.75 Å². The highest BCUT2D eigenvalue weighted by molar-refractivity contribution is 6.30. The molecule has 0 spiro atoms. The molecule has 3 heteroatoms. The molecule has 19 heavy (non-hydrogen) atoms. The van der Waals surface area contributed by atoms with Gasteiger partial charge in [-0.25, -0.2) is 0 Å².